The monoisotopic (exact) mass is 404 g/mol. The number of nitrogens with zero attached hydrogens (tertiary/aromatic N) is 4. The van der Waals surface area contributed by atoms with Gasteiger partial charge in [-0.3, -0.25) is 4.79 Å². The van der Waals surface area contributed by atoms with Crippen LogP contribution in [0.1, 0.15) is 42.3 Å². The van der Waals surface area contributed by atoms with Gasteiger partial charge in [-0.2, -0.15) is 10.2 Å². The first-order valence-electron chi connectivity index (χ1n) is 10.1. The van der Waals surface area contributed by atoms with Gasteiger partial charge in [0.2, 0.25) is 0 Å². The number of hydrogen-bond donors (Lipinski definition) is 2. The number of aryl methyl sites for hydroxylation is 1. The van der Waals surface area contributed by atoms with Crippen molar-refractivity contribution in [2.75, 3.05) is 11.9 Å². The molecule has 0 fully saturated rings. The molecule has 2 aromatic carbocycles. The fourth-order valence-electron chi connectivity index (χ4n) is 4.39. The third-order valence-electron chi connectivity index (χ3n) is 5.68. The van der Waals surface area contributed by atoms with Crippen molar-refractivity contribution < 1.29 is 4.39 Å². The van der Waals surface area contributed by atoms with Crippen molar-refractivity contribution in [2.45, 2.75) is 31.7 Å². The molecule has 152 valence electrons. The van der Waals surface area contributed by atoms with Gasteiger partial charge >= 0.3 is 0 Å². The lowest BCUT2D eigenvalue weighted by atomic mass is 9.82. The maximum atomic E-state index is 14.3. The second-order valence-electron chi connectivity index (χ2n) is 7.53. The van der Waals surface area contributed by atoms with E-state index in [9.17, 15) is 9.18 Å². The minimum atomic E-state index is -0.462. The van der Waals surface area contributed by atoms with Crippen LogP contribution in [0.3, 0.4) is 0 Å². The third kappa shape index (κ3) is 2.96. The number of benzene rings is 2. The maximum Gasteiger partial charge on any atom is 0.272 e. The van der Waals surface area contributed by atoms with Gasteiger partial charge < -0.3 is 5.32 Å². The molecule has 1 aliphatic rings. The summed E-state index contributed by atoms with van der Waals surface area (Å²) in [4.78, 5) is 17.0. The predicted octanol–water partition coefficient (Wildman–Crippen LogP) is 3.40. The molecule has 0 saturated carbocycles. The van der Waals surface area contributed by atoms with Gasteiger partial charge in [-0.25, -0.2) is 19.2 Å². The number of nitrogens with one attached hydrogen (secondary N) is 2. The number of aromatic nitrogens is 5. The van der Waals surface area contributed by atoms with Gasteiger partial charge in [-0.05, 0) is 24.1 Å². The Morgan fingerprint density at radius 1 is 1.23 bits per heavy atom. The van der Waals surface area contributed by atoms with E-state index in [1.807, 2.05) is 22.9 Å². The normalized spacial score (nSPS) is 18.2. The second-order valence-corrected chi connectivity index (χ2v) is 7.53. The highest BCUT2D eigenvalue weighted by molar-refractivity contribution is 5.96. The Morgan fingerprint density at radius 3 is 2.87 bits per heavy atom. The van der Waals surface area contributed by atoms with Crippen LogP contribution in [0.4, 0.5) is 10.1 Å². The molecule has 8 heteroatoms. The van der Waals surface area contributed by atoms with Crippen LogP contribution < -0.4 is 10.9 Å². The van der Waals surface area contributed by atoms with E-state index >= 15 is 0 Å². The molecule has 5 rings (SSSR count). The van der Waals surface area contributed by atoms with Gasteiger partial charge in [-0.1, -0.05) is 37.3 Å². The van der Waals surface area contributed by atoms with Crippen LogP contribution in [0.25, 0.3) is 10.8 Å². The van der Waals surface area contributed by atoms with Gasteiger partial charge in [0, 0.05) is 30.1 Å². The molecular formula is C22H21FN6O. The van der Waals surface area contributed by atoms with Crippen LogP contribution in [-0.4, -0.2) is 31.5 Å². The highest BCUT2D eigenvalue weighted by Gasteiger charge is 2.36. The first-order chi connectivity index (χ1) is 14.7. The number of aromatic amines is 1. The van der Waals surface area contributed by atoms with Crippen molar-refractivity contribution in [3.63, 3.8) is 0 Å². The minimum Gasteiger partial charge on any atom is -0.384 e. The van der Waals surface area contributed by atoms with E-state index in [2.05, 4.69) is 44.7 Å². The molecule has 2 unspecified atom stereocenters. The fourth-order valence-corrected chi connectivity index (χ4v) is 4.39. The molecule has 2 aromatic heterocycles. The molecule has 0 aliphatic carbocycles. The quantitative estimate of drug-likeness (QED) is 0.544. The zero-order chi connectivity index (χ0) is 20.7. The van der Waals surface area contributed by atoms with Crippen molar-refractivity contribution in [2.24, 2.45) is 0 Å². The zero-order valence-electron chi connectivity index (χ0n) is 16.5. The van der Waals surface area contributed by atoms with Crippen molar-refractivity contribution in [3.05, 3.63) is 82.0 Å². The molecule has 0 bridgehead atoms. The zero-order valence-corrected chi connectivity index (χ0v) is 16.5. The number of anilines is 1. The van der Waals surface area contributed by atoms with E-state index in [1.165, 1.54) is 12.1 Å². The smallest absolute Gasteiger partial charge is 0.272 e. The summed E-state index contributed by atoms with van der Waals surface area (Å²) in [6.45, 7) is 3.35. The molecule has 2 atom stereocenters. The molecule has 30 heavy (non-hydrogen) atoms. The van der Waals surface area contributed by atoms with E-state index < -0.39 is 11.4 Å². The Balaban J connectivity index is 1.82. The molecule has 7 nitrogen and oxygen atoms in total. The van der Waals surface area contributed by atoms with Gasteiger partial charge in [0.15, 0.2) is 0 Å². The molecule has 3 heterocycles. The first kappa shape index (κ1) is 18.5. The van der Waals surface area contributed by atoms with Crippen molar-refractivity contribution >= 4 is 16.5 Å². The average Bonchev–Trinajstić information content (AvgIpc) is 3.14. The lowest BCUT2D eigenvalue weighted by Gasteiger charge is -2.25. The van der Waals surface area contributed by atoms with Crippen LogP contribution in [0, 0.1) is 5.82 Å². The largest absolute Gasteiger partial charge is 0.384 e. The summed E-state index contributed by atoms with van der Waals surface area (Å²) in [5, 5.41) is 15.7. The van der Waals surface area contributed by atoms with Crippen molar-refractivity contribution in [1.29, 1.82) is 0 Å². The Morgan fingerprint density at radius 2 is 2.07 bits per heavy atom. The molecule has 0 radical (unpaired) electrons. The van der Waals surface area contributed by atoms with Crippen LogP contribution in [0.2, 0.25) is 0 Å². The highest BCUT2D eigenvalue weighted by atomic mass is 19.1. The van der Waals surface area contributed by atoms with E-state index in [0.29, 0.717) is 23.3 Å². The number of H-pyrrole nitrogens is 1. The minimum absolute atomic E-state index is 0.0388. The predicted molar refractivity (Wildman–Crippen MR) is 112 cm³/mol. The van der Waals surface area contributed by atoms with Crippen LogP contribution >= 0.6 is 0 Å². The topological polar surface area (TPSA) is 88.5 Å². The summed E-state index contributed by atoms with van der Waals surface area (Å²) in [5.74, 6) is 0.0186. The first-order valence-corrected chi connectivity index (χ1v) is 10.1. The maximum absolute atomic E-state index is 14.3. The Hall–Kier alpha value is -3.55. The van der Waals surface area contributed by atoms with Gasteiger partial charge in [0.1, 0.15) is 18.0 Å². The molecule has 1 aliphatic heterocycles. The van der Waals surface area contributed by atoms with Gasteiger partial charge in [0.25, 0.3) is 5.56 Å². The average molecular weight is 404 g/mol. The SMILES string of the molecule is CCCn1ncnc1C1c2n[nH]c(=O)c3cc(F)cc(c23)NCC1c1ccccc1. The lowest BCUT2D eigenvalue weighted by molar-refractivity contribution is 0.509. The van der Waals surface area contributed by atoms with E-state index in [-0.39, 0.29) is 17.2 Å². The van der Waals surface area contributed by atoms with Gasteiger partial charge in [0.05, 0.1) is 17.0 Å². The number of halogens is 1. The fraction of sp³-hybridized carbons (Fsp3) is 0.273. The molecule has 4 aromatic rings. The highest BCUT2D eigenvalue weighted by Crippen LogP contribution is 2.43. The molecule has 2 N–H and O–H groups in total. The summed E-state index contributed by atoms with van der Waals surface area (Å²) in [7, 11) is 0. The number of hydrogen-bond acceptors (Lipinski definition) is 5. The lowest BCUT2D eigenvalue weighted by Crippen LogP contribution is -2.24. The molecule has 0 saturated heterocycles. The Kier molecular flexibility index (Phi) is 4.54. The molecule has 0 spiro atoms. The summed E-state index contributed by atoms with van der Waals surface area (Å²) < 4.78 is 16.2. The third-order valence-corrected chi connectivity index (χ3v) is 5.68. The molecule has 0 amide bonds. The summed E-state index contributed by atoms with van der Waals surface area (Å²) in [5.41, 5.74) is 1.94. The Bertz CT molecular complexity index is 1270. The second kappa shape index (κ2) is 7.37. The summed E-state index contributed by atoms with van der Waals surface area (Å²) >= 11 is 0. The number of rotatable bonds is 4. The van der Waals surface area contributed by atoms with E-state index in [0.717, 1.165) is 24.4 Å². The Labute approximate surface area is 172 Å². The van der Waals surface area contributed by atoms with E-state index in [1.54, 1.807) is 6.33 Å². The van der Waals surface area contributed by atoms with Crippen LogP contribution in [0.5, 0.6) is 0 Å². The molecular weight excluding hydrogens is 383 g/mol. The summed E-state index contributed by atoms with van der Waals surface area (Å²) in [6.07, 6.45) is 2.47. The van der Waals surface area contributed by atoms with Crippen LogP contribution in [-0.2, 0) is 6.54 Å². The summed E-state index contributed by atoms with van der Waals surface area (Å²) in [6, 6.07) is 12.8. The van der Waals surface area contributed by atoms with Crippen LogP contribution in [0.15, 0.2) is 53.6 Å². The standard InChI is InChI=1S/C22H21FN6O/c1-2-8-29-21(25-12-26-29)19-16(13-6-4-3-5-7-13)11-24-17-10-14(23)9-15-18(17)20(19)27-28-22(15)30/h3-7,9-10,12,16,19,24H,2,8,11H2,1H3,(H,28,30). The van der Waals surface area contributed by atoms with Crippen molar-refractivity contribution in [3.8, 4) is 0 Å². The van der Waals surface area contributed by atoms with E-state index in [4.69, 9.17) is 0 Å². The van der Waals surface area contributed by atoms with Crippen molar-refractivity contribution in [1.82, 2.24) is 25.0 Å². The van der Waals surface area contributed by atoms with Gasteiger partial charge in [-0.15, -0.1) is 0 Å².